The molecule has 7 nitrogen and oxygen atoms in total. The topological polar surface area (TPSA) is 76.5 Å². The van der Waals surface area contributed by atoms with Gasteiger partial charge < -0.3 is 13.8 Å². The van der Waals surface area contributed by atoms with Gasteiger partial charge in [0.25, 0.3) is 0 Å². The van der Waals surface area contributed by atoms with Crippen LogP contribution in [0.4, 0.5) is 0 Å². The molecule has 4 aromatic rings. The van der Waals surface area contributed by atoms with E-state index < -0.39 is 0 Å². The van der Waals surface area contributed by atoms with Crippen molar-refractivity contribution in [3.8, 4) is 11.5 Å². The molecule has 1 unspecified atom stereocenters. The summed E-state index contributed by atoms with van der Waals surface area (Å²) in [7, 11) is 0. The second-order valence-corrected chi connectivity index (χ2v) is 7.36. The maximum atomic E-state index is 12.4. The average Bonchev–Trinajstić information content (AvgIpc) is 3.41. The van der Waals surface area contributed by atoms with Crippen LogP contribution in [0, 0.1) is 0 Å². The zero-order chi connectivity index (χ0) is 19.6. The van der Waals surface area contributed by atoms with Crippen LogP contribution in [0.15, 0.2) is 65.4 Å². The monoisotopic (exact) mass is 387 g/mol. The summed E-state index contributed by atoms with van der Waals surface area (Å²) in [6.07, 6.45) is 5.90. The molecule has 7 heteroatoms. The summed E-state index contributed by atoms with van der Waals surface area (Å²) in [6, 6.07) is 16.0. The Morgan fingerprint density at radius 1 is 1.07 bits per heavy atom. The van der Waals surface area contributed by atoms with Gasteiger partial charge in [0, 0.05) is 31.9 Å². The molecule has 1 atom stereocenters. The Morgan fingerprint density at radius 2 is 1.93 bits per heavy atom. The highest BCUT2D eigenvalue weighted by molar-refractivity contribution is 5.77. The minimum Gasteiger partial charge on any atom is -0.342 e. The first-order valence-corrected chi connectivity index (χ1v) is 9.86. The second-order valence-electron chi connectivity index (χ2n) is 7.36. The summed E-state index contributed by atoms with van der Waals surface area (Å²) in [5.41, 5.74) is 2.75. The number of hydrogen-bond acceptors (Lipinski definition) is 5. The number of amides is 1. The van der Waals surface area contributed by atoms with Gasteiger partial charge in [-0.15, -0.1) is 0 Å². The SMILES string of the molecule is O=C1CCC(c2nc(-c3cn4ccccc4n3)no2)CN1CCc1ccccc1. The predicted molar refractivity (Wildman–Crippen MR) is 107 cm³/mol. The lowest BCUT2D eigenvalue weighted by atomic mass is 9.97. The van der Waals surface area contributed by atoms with E-state index in [9.17, 15) is 4.79 Å². The zero-order valence-corrected chi connectivity index (χ0v) is 15.9. The number of hydrogen-bond donors (Lipinski definition) is 0. The molecule has 1 saturated heterocycles. The number of carbonyl (C=O) groups excluding carboxylic acids is 1. The molecule has 1 aromatic carbocycles. The molecular formula is C22H21N5O2. The summed E-state index contributed by atoms with van der Waals surface area (Å²) < 4.78 is 7.48. The molecule has 1 aliphatic rings. The van der Waals surface area contributed by atoms with Crippen molar-refractivity contribution >= 4 is 11.6 Å². The van der Waals surface area contributed by atoms with E-state index in [0.29, 0.717) is 36.9 Å². The van der Waals surface area contributed by atoms with Crippen molar-refractivity contribution in [1.29, 1.82) is 0 Å². The van der Waals surface area contributed by atoms with Gasteiger partial charge in [-0.25, -0.2) is 4.98 Å². The van der Waals surface area contributed by atoms with Gasteiger partial charge in [0.05, 0.1) is 5.92 Å². The van der Waals surface area contributed by atoms with Crippen molar-refractivity contribution in [1.82, 2.24) is 24.4 Å². The van der Waals surface area contributed by atoms with Gasteiger partial charge in [0.2, 0.25) is 17.6 Å². The van der Waals surface area contributed by atoms with Gasteiger partial charge in [-0.3, -0.25) is 4.79 Å². The van der Waals surface area contributed by atoms with Gasteiger partial charge in [0.1, 0.15) is 11.3 Å². The highest BCUT2D eigenvalue weighted by atomic mass is 16.5. The predicted octanol–water partition coefficient (Wildman–Crippen LogP) is 3.33. The highest BCUT2D eigenvalue weighted by Crippen LogP contribution is 2.28. The van der Waals surface area contributed by atoms with Crippen LogP contribution in [0.1, 0.15) is 30.2 Å². The first kappa shape index (κ1) is 17.6. The Balaban J connectivity index is 1.30. The van der Waals surface area contributed by atoms with Crippen LogP contribution in [-0.2, 0) is 11.2 Å². The number of aromatic nitrogens is 4. The zero-order valence-electron chi connectivity index (χ0n) is 15.9. The van der Waals surface area contributed by atoms with E-state index in [1.54, 1.807) is 0 Å². The molecule has 29 heavy (non-hydrogen) atoms. The molecule has 0 radical (unpaired) electrons. The van der Waals surface area contributed by atoms with Crippen molar-refractivity contribution in [2.75, 3.05) is 13.1 Å². The van der Waals surface area contributed by atoms with E-state index in [-0.39, 0.29) is 11.8 Å². The summed E-state index contributed by atoms with van der Waals surface area (Å²) >= 11 is 0. The van der Waals surface area contributed by atoms with Gasteiger partial charge >= 0.3 is 0 Å². The maximum absolute atomic E-state index is 12.4. The van der Waals surface area contributed by atoms with E-state index in [1.807, 2.05) is 58.1 Å². The molecule has 0 spiro atoms. The Bertz CT molecular complexity index is 1100. The van der Waals surface area contributed by atoms with Crippen molar-refractivity contribution in [3.05, 3.63) is 72.4 Å². The van der Waals surface area contributed by atoms with Gasteiger partial charge in [-0.05, 0) is 30.5 Å². The van der Waals surface area contributed by atoms with Crippen LogP contribution in [0.2, 0.25) is 0 Å². The average molecular weight is 387 g/mol. The van der Waals surface area contributed by atoms with Crippen LogP contribution >= 0.6 is 0 Å². The van der Waals surface area contributed by atoms with Gasteiger partial charge in [0.15, 0.2) is 0 Å². The van der Waals surface area contributed by atoms with Gasteiger partial charge in [-0.1, -0.05) is 41.6 Å². The highest BCUT2D eigenvalue weighted by Gasteiger charge is 2.30. The molecule has 1 amide bonds. The van der Waals surface area contributed by atoms with Crippen molar-refractivity contribution < 1.29 is 9.32 Å². The molecule has 0 bridgehead atoms. The standard InChI is InChI=1S/C22H21N5O2/c28-20-10-9-17(14-27(20)13-11-16-6-2-1-3-7-16)22-24-21(25-29-22)18-15-26-12-5-4-8-19(26)23-18/h1-8,12,15,17H,9-11,13-14H2. The van der Waals surface area contributed by atoms with Gasteiger partial charge in [-0.2, -0.15) is 4.98 Å². The van der Waals surface area contributed by atoms with Crippen molar-refractivity contribution in [2.24, 2.45) is 0 Å². The molecule has 0 aliphatic carbocycles. The van der Waals surface area contributed by atoms with E-state index >= 15 is 0 Å². The lowest BCUT2D eigenvalue weighted by Gasteiger charge is -2.31. The van der Waals surface area contributed by atoms with Crippen LogP contribution < -0.4 is 0 Å². The Morgan fingerprint density at radius 3 is 2.79 bits per heavy atom. The Kier molecular flexibility index (Phi) is 4.56. The molecule has 5 rings (SSSR count). The number of carbonyl (C=O) groups is 1. The molecular weight excluding hydrogens is 366 g/mol. The molecule has 0 saturated carbocycles. The minimum absolute atomic E-state index is 0.0572. The van der Waals surface area contributed by atoms with E-state index in [2.05, 4.69) is 27.3 Å². The fraction of sp³-hybridized carbons (Fsp3) is 0.273. The lowest BCUT2D eigenvalue weighted by molar-refractivity contribution is -0.133. The van der Waals surface area contributed by atoms with Crippen LogP contribution in [0.25, 0.3) is 17.2 Å². The molecule has 146 valence electrons. The number of piperidine rings is 1. The normalized spacial score (nSPS) is 17.2. The van der Waals surface area contributed by atoms with E-state index in [4.69, 9.17) is 4.52 Å². The largest absolute Gasteiger partial charge is 0.342 e. The summed E-state index contributed by atoms with van der Waals surface area (Å²) in [5.74, 6) is 1.31. The first-order valence-electron chi connectivity index (χ1n) is 9.86. The van der Waals surface area contributed by atoms with Crippen LogP contribution in [-0.4, -0.2) is 43.4 Å². The number of benzene rings is 1. The first-order chi connectivity index (χ1) is 14.3. The summed E-state index contributed by atoms with van der Waals surface area (Å²) in [4.78, 5) is 23.4. The Hall–Kier alpha value is -3.48. The smallest absolute Gasteiger partial charge is 0.231 e. The van der Waals surface area contributed by atoms with Crippen LogP contribution in [0.5, 0.6) is 0 Å². The van der Waals surface area contributed by atoms with E-state index in [1.165, 1.54) is 5.56 Å². The van der Waals surface area contributed by atoms with E-state index in [0.717, 1.165) is 18.5 Å². The fourth-order valence-electron chi connectivity index (χ4n) is 3.79. The molecule has 4 heterocycles. The molecule has 1 fully saturated rings. The molecule has 0 N–H and O–H groups in total. The Labute approximate surface area is 168 Å². The lowest BCUT2D eigenvalue weighted by Crippen LogP contribution is -2.40. The maximum Gasteiger partial charge on any atom is 0.231 e. The molecule has 3 aromatic heterocycles. The van der Waals surface area contributed by atoms with Crippen LogP contribution in [0.3, 0.4) is 0 Å². The molecule has 1 aliphatic heterocycles. The fourth-order valence-corrected chi connectivity index (χ4v) is 3.79. The number of likely N-dealkylation sites (tertiary alicyclic amines) is 1. The number of nitrogens with zero attached hydrogens (tertiary/aromatic N) is 5. The number of rotatable bonds is 5. The quantitative estimate of drug-likeness (QED) is 0.525. The number of fused-ring (bicyclic) bond motifs is 1. The van der Waals surface area contributed by atoms with Crippen molar-refractivity contribution in [2.45, 2.75) is 25.2 Å². The third kappa shape index (κ3) is 3.63. The second kappa shape index (κ2) is 7.50. The minimum atomic E-state index is 0.0572. The number of pyridine rings is 1. The summed E-state index contributed by atoms with van der Waals surface area (Å²) in [5, 5.41) is 4.13. The third-order valence-electron chi connectivity index (χ3n) is 5.40. The third-order valence-corrected chi connectivity index (χ3v) is 5.40. The van der Waals surface area contributed by atoms with Crippen molar-refractivity contribution in [3.63, 3.8) is 0 Å². The number of imidazole rings is 1. The summed E-state index contributed by atoms with van der Waals surface area (Å²) in [6.45, 7) is 1.31.